The van der Waals surface area contributed by atoms with Gasteiger partial charge in [-0.15, -0.1) is 0 Å². The number of imide groups is 1. The summed E-state index contributed by atoms with van der Waals surface area (Å²) in [5, 5.41) is 3.82. The van der Waals surface area contributed by atoms with Crippen molar-refractivity contribution in [2.45, 2.75) is 39.5 Å². The van der Waals surface area contributed by atoms with E-state index < -0.39 is 0 Å². The first-order valence-electron chi connectivity index (χ1n) is 6.34. The van der Waals surface area contributed by atoms with Crippen LogP contribution in [-0.2, 0) is 14.4 Å². The second-order valence-corrected chi connectivity index (χ2v) is 4.57. The van der Waals surface area contributed by atoms with Crippen molar-refractivity contribution in [1.82, 2.24) is 10.3 Å². The lowest BCUT2D eigenvalue weighted by Gasteiger charge is -2.12. The van der Waals surface area contributed by atoms with Crippen LogP contribution in [0.25, 0.3) is 0 Å². The lowest BCUT2D eigenvalue weighted by molar-refractivity contribution is -0.136. The molecule has 0 aromatic carbocycles. The zero-order valence-corrected chi connectivity index (χ0v) is 11.3. The summed E-state index contributed by atoms with van der Waals surface area (Å²) in [5.41, 5.74) is 3.25. The third-order valence-corrected chi connectivity index (χ3v) is 2.59. The first-order valence-corrected chi connectivity index (χ1v) is 6.34. The van der Waals surface area contributed by atoms with Gasteiger partial charge in [0.05, 0.1) is 0 Å². The summed E-state index contributed by atoms with van der Waals surface area (Å²) in [4.78, 5) is 35.0. The first-order chi connectivity index (χ1) is 9.00. The van der Waals surface area contributed by atoms with Crippen LogP contribution < -0.4 is 5.43 Å². The van der Waals surface area contributed by atoms with E-state index in [9.17, 15) is 14.4 Å². The van der Waals surface area contributed by atoms with Gasteiger partial charge in [-0.2, -0.15) is 5.10 Å². The van der Waals surface area contributed by atoms with Gasteiger partial charge in [0.15, 0.2) is 0 Å². The molecule has 19 heavy (non-hydrogen) atoms. The highest BCUT2D eigenvalue weighted by Crippen LogP contribution is 2.07. The number of hydrogen-bond donors (Lipinski definition) is 1. The standard InChI is InChI=1S/C13H19N3O3/c1-10(2)14-15-11(17)6-4-3-5-9-16-12(18)7-8-13(16)19/h7-8H,3-6,9H2,1-2H3,(H,15,17). The lowest BCUT2D eigenvalue weighted by atomic mass is 10.2. The molecule has 104 valence electrons. The average molecular weight is 265 g/mol. The molecule has 3 amide bonds. The zero-order valence-electron chi connectivity index (χ0n) is 11.3. The van der Waals surface area contributed by atoms with E-state index >= 15 is 0 Å². The number of hydrazone groups is 1. The Morgan fingerprint density at radius 1 is 1.16 bits per heavy atom. The molecule has 1 heterocycles. The lowest BCUT2D eigenvalue weighted by Crippen LogP contribution is -2.30. The Kier molecular flexibility index (Phi) is 5.92. The summed E-state index contributed by atoms with van der Waals surface area (Å²) >= 11 is 0. The van der Waals surface area contributed by atoms with Crippen LogP contribution in [-0.4, -0.2) is 34.9 Å². The maximum atomic E-state index is 11.3. The fourth-order valence-electron chi connectivity index (χ4n) is 1.61. The minimum absolute atomic E-state index is 0.115. The average Bonchev–Trinajstić information content (AvgIpc) is 2.67. The number of nitrogens with zero attached hydrogens (tertiary/aromatic N) is 2. The van der Waals surface area contributed by atoms with Crippen molar-refractivity contribution in [3.63, 3.8) is 0 Å². The van der Waals surface area contributed by atoms with Crippen LogP contribution in [0, 0.1) is 0 Å². The van der Waals surface area contributed by atoms with Gasteiger partial charge in [-0.25, -0.2) is 5.43 Å². The number of carbonyl (C=O) groups excluding carboxylic acids is 3. The molecule has 1 N–H and O–H groups in total. The third kappa shape index (κ3) is 5.46. The maximum absolute atomic E-state index is 11.3. The highest BCUT2D eigenvalue weighted by molar-refractivity contribution is 6.12. The van der Waals surface area contributed by atoms with Gasteiger partial charge in [-0.05, 0) is 26.7 Å². The van der Waals surface area contributed by atoms with Crippen molar-refractivity contribution in [3.8, 4) is 0 Å². The van der Waals surface area contributed by atoms with Crippen molar-refractivity contribution in [3.05, 3.63) is 12.2 Å². The first kappa shape index (κ1) is 15.1. The number of hydrogen-bond acceptors (Lipinski definition) is 4. The summed E-state index contributed by atoms with van der Waals surface area (Å²) in [7, 11) is 0. The molecule has 0 fully saturated rings. The summed E-state index contributed by atoms with van der Waals surface area (Å²) in [6.07, 6.45) is 5.17. The Balaban J connectivity index is 2.09. The van der Waals surface area contributed by atoms with Crippen LogP contribution in [0.5, 0.6) is 0 Å². The SMILES string of the molecule is CC(C)=NNC(=O)CCCCCN1C(=O)C=CC1=O. The zero-order chi connectivity index (χ0) is 14.3. The molecule has 0 saturated carbocycles. The van der Waals surface area contributed by atoms with Crippen LogP contribution >= 0.6 is 0 Å². The number of rotatable bonds is 7. The number of amides is 3. The van der Waals surface area contributed by atoms with Gasteiger partial charge in [-0.3, -0.25) is 19.3 Å². The van der Waals surface area contributed by atoms with E-state index in [2.05, 4.69) is 10.5 Å². The predicted octanol–water partition coefficient (Wildman–Crippen LogP) is 0.984. The molecular weight excluding hydrogens is 246 g/mol. The van der Waals surface area contributed by atoms with Gasteiger partial charge in [0.2, 0.25) is 5.91 Å². The Morgan fingerprint density at radius 2 is 1.79 bits per heavy atom. The predicted molar refractivity (Wildman–Crippen MR) is 71.3 cm³/mol. The number of carbonyl (C=O) groups is 3. The highest BCUT2D eigenvalue weighted by atomic mass is 16.2. The van der Waals surface area contributed by atoms with Gasteiger partial charge < -0.3 is 0 Å². The van der Waals surface area contributed by atoms with Gasteiger partial charge in [0.25, 0.3) is 11.8 Å². The highest BCUT2D eigenvalue weighted by Gasteiger charge is 2.22. The molecule has 0 aliphatic carbocycles. The van der Waals surface area contributed by atoms with E-state index in [1.54, 1.807) is 13.8 Å². The van der Waals surface area contributed by atoms with Crippen LogP contribution in [0.1, 0.15) is 39.5 Å². The second-order valence-electron chi connectivity index (χ2n) is 4.57. The van der Waals surface area contributed by atoms with Crippen LogP contribution in [0.3, 0.4) is 0 Å². The topological polar surface area (TPSA) is 78.8 Å². The minimum atomic E-state index is -0.254. The van der Waals surface area contributed by atoms with E-state index in [0.29, 0.717) is 25.8 Å². The molecule has 1 aliphatic heterocycles. The van der Waals surface area contributed by atoms with Gasteiger partial charge in [0.1, 0.15) is 0 Å². The van der Waals surface area contributed by atoms with Crippen molar-refractivity contribution in [2.75, 3.05) is 6.54 Å². The third-order valence-electron chi connectivity index (χ3n) is 2.59. The molecule has 0 aromatic heterocycles. The molecule has 0 aromatic rings. The molecular formula is C13H19N3O3. The Bertz CT molecular complexity index is 405. The molecule has 0 saturated heterocycles. The quantitative estimate of drug-likeness (QED) is 0.322. The summed E-state index contributed by atoms with van der Waals surface area (Å²) in [6, 6.07) is 0. The van der Waals surface area contributed by atoms with Gasteiger partial charge >= 0.3 is 0 Å². The van der Waals surface area contributed by atoms with Gasteiger partial charge in [-0.1, -0.05) is 6.42 Å². The van der Waals surface area contributed by atoms with Crippen LogP contribution in [0.4, 0.5) is 0 Å². The normalized spacial score (nSPS) is 13.9. The summed E-state index contributed by atoms with van der Waals surface area (Å²) in [6.45, 7) is 4.02. The van der Waals surface area contributed by atoms with Crippen LogP contribution in [0.2, 0.25) is 0 Å². The second kappa shape index (κ2) is 7.45. The maximum Gasteiger partial charge on any atom is 0.253 e. The van der Waals surface area contributed by atoms with Crippen molar-refractivity contribution in [1.29, 1.82) is 0 Å². The Morgan fingerprint density at radius 3 is 2.37 bits per heavy atom. The molecule has 0 unspecified atom stereocenters. The van der Waals surface area contributed by atoms with Crippen molar-refractivity contribution >= 4 is 23.4 Å². The number of nitrogens with one attached hydrogen (secondary N) is 1. The largest absolute Gasteiger partial charge is 0.275 e. The minimum Gasteiger partial charge on any atom is -0.275 e. The van der Waals surface area contributed by atoms with Crippen molar-refractivity contribution < 1.29 is 14.4 Å². The molecule has 0 spiro atoms. The van der Waals surface area contributed by atoms with E-state index in [1.807, 2.05) is 0 Å². The molecule has 0 bridgehead atoms. The molecule has 1 rings (SSSR count). The summed E-state index contributed by atoms with van der Waals surface area (Å²) < 4.78 is 0. The smallest absolute Gasteiger partial charge is 0.253 e. The Labute approximate surface area is 112 Å². The van der Waals surface area contributed by atoms with Crippen molar-refractivity contribution in [2.24, 2.45) is 5.10 Å². The fraction of sp³-hybridized carbons (Fsp3) is 0.538. The van der Waals surface area contributed by atoms with E-state index in [-0.39, 0.29) is 17.7 Å². The van der Waals surface area contributed by atoms with E-state index in [0.717, 1.165) is 12.1 Å². The number of unbranched alkanes of at least 4 members (excludes halogenated alkanes) is 2. The molecule has 6 heteroatoms. The van der Waals surface area contributed by atoms with Crippen LogP contribution in [0.15, 0.2) is 17.3 Å². The fourth-order valence-corrected chi connectivity index (χ4v) is 1.61. The van der Waals surface area contributed by atoms with E-state index in [1.165, 1.54) is 17.1 Å². The molecule has 6 nitrogen and oxygen atoms in total. The van der Waals surface area contributed by atoms with Gasteiger partial charge in [0, 0.05) is 30.8 Å². The Hall–Kier alpha value is -1.98. The summed E-state index contributed by atoms with van der Waals surface area (Å²) in [5.74, 6) is -0.623. The van der Waals surface area contributed by atoms with E-state index in [4.69, 9.17) is 0 Å². The monoisotopic (exact) mass is 265 g/mol. The molecule has 1 aliphatic rings. The molecule has 0 radical (unpaired) electrons. The molecule has 0 atom stereocenters.